The Hall–Kier alpha value is -2.79. The van der Waals surface area contributed by atoms with E-state index in [0.29, 0.717) is 17.5 Å². The van der Waals surface area contributed by atoms with Crippen molar-refractivity contribution in [3.63, 3.8) is 0 Å². The Morgan fingerprint density at radius 2 is 1.75 bits per heavy atom. The topological polar surface area (TPSA) is 51.1 Å². The number of nitrogens with one attached hydrogen (secondary N) is 1. The van der Waals surface area contributed by atoms with Crippen LogP contribution in [0, 0.1) is 0 Å². The third-order valence-electron chi connectivity index (χ3n) is 3.96. The number of hydrogen-bond acceptors (Lipinski definition) is 3. The fourth-order valence-electron chi connectivity index (χ4n) is 2.88. The number of hydrogen-bond donors (Lipinski definition) is 1. The Kier molecular flexibility index (Phi) is 3.70. The van der Waals surface area contributed by atoms with Crippen molar-refractivity contribution in [2.75, 3.05) is 0 Å². The number of amides is 1. The average Bonchev–Trinajstić information content (AvgIpc) is 3.09. The summed E-state index contributed by atoms with van der Waals surface area (Å²) < 4.78 is 2.16. The summed E-state index contributed by atoms with van der Waals surface area (Å²) in [6.45, 7) is 0.750. The second kappa shape index (κ2) is 6.02. The zero-order valence-electron chi connectivity index (χ0n) is 12.7. The van der Waals surface area contributed by atoms with E-state index >= 15 is 0 Å². The van der Waals surface area contributed by atoms with Crippen LogP contribution in [-0.4, -0.2) is 14.9 Å². The predicted octanol–water partition coefficient (Wildman–Crippen LogP) is 4.01. The minimum Gasteiger partial charge on any atom is -0.342 e. The van der Waals surface area contributed by atoms with Crippen LogP contribution in [0.5, 0.6) is 0 Å². The Bertz CT molecular complexity index is 973. The van der Waals surface area contributed by atoms with Crippen LogP contribution in [0.25, 0.3) is 17.0 Å². The van der Waals surface area contributed by atoms with Crippen LogP contribution in [0.1, 0.15) is 11.1 Å². The molecule has 3 aromatic rings. The highest BCUT2D eigenvalue weighted by molar-refractivity contribution is 8.27. The van der Waals surface area contributed by atoms with E-state index in [-0.39, 0.29) is 10.4 Å². The van der Waals surface area contributed by atoms with Gasteiger partial charge >= 0.3 is 0 Å². The van der Waals surface area contributed by atoms with Gasteiger partial charge in [-0.1, -0.05) is 48.5 Å². The normalized spacial score (nSPS) is 16.1. The minimum absolute atomic E-state index is 0.236. The number of fused-ring (bicyclic) bond motifs is 1. The maximum atomic E-state index is 11.8. The third-order valence-corrected chi connectivity index (χ3v) is 4.65. The van der Waals surface area contributed by atoms with Gasteiger partial charge in [-0.15, -0.1) is 0 Å². The first kappa shape index (κ1) is 14.8. The van der Waals surface area contributed by atoms with Crippen molar-refractivity contribution in [2.45, 2.75) is 6.54 Å². The van der Waals surface area contributed by atoms with Crippen molar-refractivity contribution in [3.05, 3.63) is 77.6 Å². The van der Waals surface area contributed by atoms with Crippen LogP contribution >= 0.6 is 11.8 Å². The number of aromatic nitrogens is 1. The molecular formula is C19H14N2O2S. The fraction of sp³-hybridized carbons (Fsp3) is 0.0526. The van der Waals surface area contributed by atoms with Crippen LogP contribution < -0.4 is 5.32 Å². The van der Waals surface area contributed by atoms with E-state index in [4.69, 9.17) is 0 Å². The van der Waals surface area contributed by atoms with Gasteiger partial charge in [0.15, 0.2) is 0 Å². The Balaban J connectivity index is 1.78. The number of carbonyl (C=O) groups is 2. The molecular weight excluding hydrogens is 320 g/mol. The first-order valence-corrected chi connectivity index (χ1v) is 8.39. The minimum atomic E-state index is -0.320. The standard InChI is InChI=1S/C19H14N2O2S/c22-18-16(20-19(23)24-18)10-14-12-21(11-13-6-2-1-3-7-13)17-9-5-4-8-15(14)17/h1-10,12H,11H2,(H,20,23). The van der Waals surface area contributed by atoms with Crippen molar-refractivity contribution in [1.29, 1.82) is 0 Å². The molecule has 5 heteroatoms. The largest absolute Gasteiger partial charge is 0.342 e. The van der Waals surface area contributed by atoms with E-state index in [1.165, 1.54) is 5.56 Å². The van der Waals surface area contributed by atoms with Gasteiger partial charge in [0, 0.05) is 41.0 Å². The first-order valence-electron chi connectivity index (χ1n) is 7.57. The van der Waals surface area contributed by atoms with Gasteiger partial charge in [-0.25, -0.2) is 0 Å². The number of nitrogens with zero attached hydrogens (tertiary/aromatic N) is 1. The average molecular weight is 334 g/mol. The van der Waals surface area contributed by atoms with Crippen LogP contribution in [0.15, 0.2) is 66.5 Å². The van der Waals surface area contributed by atoms with E-state index in [2.05, 4.69) is 28.1 Å². The molecule has 118 valence electrons. The van der Waals surface area contributed by atoms with Gasteiger partial charge in [-0.2, -0.15) is 0 Å². The van der Waals surface area contributed by atoms with E-state index in [9.17, 15) is 9.59 Å². The fourth-order valence-corrected chi connectivity index (χ4v) is 3.43. The van der Waals surface area contributed by atoms with Gasteiger partial charge in [0.05, 0.1) is 5.70 Å². The van der Waals surface area contributed by atoms with Crippen molar-refractivity contribution in [3.8, 4) is 0 Å². The van der Waals surface area contributed by atoms with E-state index in [0.717, 1.165) is 23.0 Å². The molecule has 1 aromatic heterocycles. The van der Waals surface area contributed by atoms with Gasteiger partial charge in [-0.05, 0) is 17.7 Å². The summed E-state index contributed by atoms with van der Waals surface area (Å²) in [5.41, 5.74) is 3.57. The van der Waals surface area contributed by atoms with Crippen LogP contribution in [0.2, 0.25) is 0 Å². The molecule has 1 aliphatic rings. The molecule has 2 heterocycles. The summed E-state index contributed by atoms with van der Waals surface area (Å²) in [5, 5.41) is 3.10. The molecule has 0 spiro atoms. The van der Waals surface area contributed by atoms with E-state index < -0.39 is 0 Å². The summed E-state index contributed by atoms with van der Waals surface area (Å²) in [6.07, 6.45) is 3.77. The summed E-state index contributed by atoms with van der Waals surface area (Å²) >= 11 is 0.699. The SMILES string of the molecule is O=C1NC(=Cc2cn(Cc3ccccc3)c3ccccc23)C(=O)S1. The molecule has 1 N–H and O–H groups in total. The predicted molar refractivity (Wildman–Crippen MR) is 96.6 cm³/mol. The molecule has 1 aliphatic heterocycles. The number of benzene rings is 2. The zero-order chi connectivity index (χ0) is 16.5. The lowest BCUT2D eigenvalue weighted by molar-refractivity contribution is -0.107. The van der Waals surface area contributed by atoms with Crippen LogP contribution in [0.4, 0.5) is 4.79 Å². The highest BCUT2D eigenvalue weighted by atomic mass is 32.2. The quantitative estimate of drug-likeness (QED) is 0.736. The first-order chi connectivity index (χ1) is 11.7. The lowest BCUT2D eigenvalue weighted by Gasteiger charge is -2.05. The van der Waals surface area contributed by atoms with Gasteiger partial charge in [0.2, 0.25) is 5.12 Å². The van der Waals surface area contributed by atoms with Crippen molar-refractivity contribution in [1.82, 2.24) is 9.88 Å². The second-order valence-electron chi connectivity index (χ2n) is 5.58. The summed E-state index contributed by atoms with van der Waals surface area (Å²) in [4.78, 5) is 23.2. The molecule has 0 unspecified atom stereocenters. The maximum Gasteiger partial charge on any atom is 0.291 e. The lowest BCUT2D eigenvalue weighted by atomic mass is 10.1. The van der Waals surface area contributed by atoms with E-state index in [1.807, 2.05) is 42.6 Å². The van der Waals surface area contributed by atoms with Gasteiger partial charge in [0.25, 0.3) is 5.24 Å². The second-order valence-corrected chi connectivity index (χ2v) is 6.52. The molecule has 0 bridgehead atoms. The summed E-state index contributed by atoms with van der Waals surface area (Å²) in [5.74, 6) is 0. The number of carbonyl (C=O) groups excluding carboxylic acids is 2. The molecule has 2 aromatic carbocycles. The van der Waals surface area contributed by atoms with Crippen molar-refractivity contribution < 1.29 is 9.59 Å². The Morgan fingerprint density at radius 3 is 2.50 bits per heavy atom. The van der Waals surface area contributed by atoms with Crippen LogP contribution in [-0.2, 0) is 11.3 Å². The van der Waals surface area contributed by atoms with E-state index in [1.54, 1.807) is 6.08 Å². The van der Waals surface area contributed by atoms with Crippen molar-refractivity contribution >= 4 is 39.1 Å². The van der Waals surface area contributed by atoms with Crippen LogP contribution in [0.3, 0.4) is 0 Å². The molecule has 0 radical (unpaired) electrons. The van der Waals surface area contributed by atoms with Gasteiger partial charge < -0.3 is 9.88 Å². The summed E-state index contributed by atoms with van der Waals surface area (Å²) in [6, 6.07) is 18.3. The monoisotopic (exact) mass is 334 g/mol. The molecule has 0 aliphatic carbocycles. The van der Waals surface area contributed by atoms with Gasteiger partial charge in [0.1, 0.15) is 0 Å². The third kappa shape index (κ3) is 2.74. The number of para-hydroxylation sites is 1. The lowest BCUT2D eigenvalue weighted by Crippen LogP contribution is -2.10. The maximum absolute atomic E-state index is 11.8. The molecule has 4 nitrogen and oxygen atoms in total. The molecule has 1 saturated heterocycles. The molecule has 4 rings (SSSR count). The molecule has 24 heavy (non-hydrogen) atoms. The molecule has 1 fully saturated rings. The number of thioether (sulfide) groups is 1. The van der Waals surface area contributed by atoms with Crippen molar-refractivity contribution in [2.24, 2.45) is 0 Å². The smallest absolute Gasteiger partial charge is 0.291 e. The number of rotatable bonds is 3. The highest BCUT2D eigenvalue weighted by Crippen LogP contribution is 2.27. The Morgan fingerprint density at radius 1 is 1.00 bits per heavy atom. The van der Waals surface area contributed by atoms with Gasteiger partial charge in [-0.3, -0.25) is 9.59 Å². The Labute approximate surface area is 143 Å². The highest BCUT2D eigenvalue weighted by Gasteiger charge is 2.25. The molecule has 1 amide bonds. The molecule has 0 saturated carbocycles. The zero-order valence-corrected chi connectivity index (χ0v) is 13.5. The summed E-state index contributed by atoms with van der Waals surface area (Å²) in [7, 11) is 0. The molecule has 0 atom stereocenters.